The number of ether oxygens (including phenoxy) is 2. The van der Waals surface area contributed by atoms with Crippen molar-refractivity contribution >= 4 is 12.1 Å². The molecule has 2 N–H and O–H groups in total. The lowest BCUT2D eigenvalue weighted by Gasteiger charge is -2.25. The standard InChI is InChI=1S/C19H30N4O3/c1-19(2,3)26-18(24)23(5)11-10-21-17(20-4)22-13-15-12-14-8-6-7-9-16(14)25-15/h6-9,15H,10-13H2,1-5H3,(H2,20,21,22). The van der Waals surface area contributed by atoms with Gasteiger partial charge in [0.1, 0.15) is 17.5 Å². The van der Waals surface area contributed by atoms with E-state index in [0.717, 1.165) is 12.2 Å². The highest BCUT2D eigenvalue weighted by Crippen LogP contribution is 2.27. The topological polar surface area (TPSA) is 75.2 Å². The molecular weight excluding hydrogens is 332 g/mol. The van der Waals surface area contributed by atoms with Crippen molar-refractivity contribution in [2.24, 2.45) is 4.99 Å². The summed E-state index contributed by atoms with van der Waals surface area (Å²) in [6, 6.07) is 8.10. The first-order chi connectivity index (χ1) is 12.3. The SMILES string of the molecule is CN=C(NCCN(C)C(=O)OC(C)(C)C)NCC1Cc2ccccc2O1. The molecule has 1 atom stereocenters. The third-order valence-corrected chi connectivity index (χ3v) is 3.88. The van der Waals surface area contributed by atoms with E-state index in [0.29, 0.717) is 25.6 Å². The van der Waals surface area contributed by atoms with E-state index in [2.05, 4.69) is 21.7 Å². The Morgan fingerprint density at radius 2 is 2.08 bits per heavy atom. The van der Waals surface area contributed by atoms with Crippen molar-refractivity contribution in [3.05, 3.63) is 29.8 Å². The minimum atomic E-state index is -0.491. The molecule has 1 aromatic carbocycles. The van der Waals surface area contributed by atoms with E-state index >= 15 is 0 Å². The summed E-state index contributed by atoms with van der Waals surface area (Å²) >= 11 is 0. The van der Waals surface area contributed by atoms with E-state index in [1.807, 2.05) is 39.0 Å². The molecule has 1 aliphatic heterocycles. The normalized spacial score (nSPS) is 16.5. The van der Waals surface area contributed by atoms with Crippen molar-refractivity contribution in [1.29, 1.82) is 0 Å². The lowest BCUT2D eigenvalue weighted by atomic mass is 10.1. The van der Waals surface area contributed by atoms with Crippen LogP contribution in [0.5, 0.6) is 5.75 Å². The molecule has 2 rings (SSSR count). The fraction of sp³-hybridized carbons (Fsp3) is 0.579. The maximum Gasteiger partial charge on any atom is 0.410 e. The minimum Gasteiger partial charge on any atom is -0.488 e. The molecule has 0 radical (unpaired) electrons. The number of hydrogen-bond donors (Lipinski definition) is 2. The van der Waals surface area contributed by atoms with E-state index in [1.165, 1.54) is 5.56 Å². The number of hydrogen-bond acceptors (Lipinski definition) is 4. The number of benzene rings is 1. The second-order valence-electron chi connectivity index (χ2n) is 7.33. The Kier molecular flexibility index (Phi) is 6.71. The number of rotatable bonds is 5. The molecular formula is C19H30N4O3. The van der Waals surface area contributed by atoms with E-state index in [4.69, 9.17) is 9.47 Å². The number of aliphatic imine (C=N–C) groups is 1. The number of carbonyl (C=O) groups excluding carboxylic acids is 1. The molecule has 0 spiro atoms. The lowest BCUT2D eigenvalue weighted by molar-refractivity contribution is 0.0302. The van der Waals surface area contributed by atoms with Crippen LogP contribution in [0.4, 0.5) is 4.79 Å². The van der Waals surface area contributed by atoms with E-state index < -0.39 is 5.60 Å². The van der Waals surface area contributed by atoms with Crippen LogP contribution in [0.1, 0.15) is 26.3 Å². The molecule has 1 heterocycles. The van der Waals surface area contributed by atoms with Crippen LogP contribution in [0, 0.1) is 0 Å². The van der Waals surface area contributed by atoms with Crippen molar-refractivity contribution in [3.8, 4) is 5.75 Å². The molecule has 0 fully saturated rings. The predicted molar refractivity (Wildman–Crippen MR) is 103 cm³/mol. The molecule has 7 heteroatoms. The quantitative estimate of drug-likeness (QED) is 0.619. The Bertz CT molecular complexity index is 615. The van der Waals surface area contributed by atoms with Gasteiger partial charge in [0.15, 0.2) is 5.96 Å². The van der Waals surface area contributed by atoms with Gasteiger partial charge in [-0.3, -0.25) is 4.99 Å². The number of guanidine groups is 1. The fourth-order valence-electron chi connectivity index (χ4n) is 2.57. The van der Waals surface area contributed by atoms with Gasteiger partial charge in [-0.05, 0) is 32.4 Å². The number of amides is 1. The molecule has 1 amide bonds. The summed E-state index contributed by atoms with van der Waals surface area (Å²) in [6.07, 6.45) is 0.649. The van der Waals surface area contributed by atoms with Crippen LogP contribution in [0.15, 0.2) is 29.3 Å². The van der Waals surface area contributed by atoms with Crippen LogP contribution < -0.4 is 15.4 Å². The average Bonchev–Trinajstić information content (AvgIpc) is 2.99. The Morgan fingerprint density at radius 3 is 2.73 bits per heavy atom. The van der Waals surface area contributed by atoms with Gasteiger partial charge in [-0.1, -0.05) is 18.2 Å². The molecule has 0 aliphatic carbocycles. The molecule has 0 bridgehead atoms. The zero-order valence-electron chi connectivity index (χ0n) is 16.3. The van der Waals surface area contributed by atoms with Crippen LogP contribution in [-0.2, 0) is 11.2 Å². The third kappa shape index (κ3) is 6.13. The Labute approximate surface area is 155 Å². The summed E-state index contributed by atoms with van der Waals surface area (Å²) < 4.78 is 11.2. The highest BCUT2D eigenvalue weighted by atomic mass is 16.6. The van der Waals surface area contributed by atoms with E-state index in [1.54, 1.807) is 19.0 Å². The summed E-state index contributed by atoms with van der Waals surface area (Å²) in [6.45, 7) is 7.31. The second-order valence-corrected chi connectivity index (χ2v) is 7.33. The highest BCUT2D eigenvalue weighted by molar-refractivity contribution is 5.79. The predicted octanol–water partition coefficient (Wildman–Crippen LogP) is 2.02. The van der Waals surface area contributed by atoms with Crippen molar-refractivity contribution in [1.82, 2.24) is 15.5 Å². The molecule has 0 saturated carbocycles. The van der Waals surface area contributed by atoms with Gasteiger partial charge < -0.3 is 25.0 Å². The number of likely N-dealkylation sites (N-methyl/N-ethyl adjacent to an activating group) is 1. The molecule has 0 aromatic heterocycles. The smallest absolute Gasteiger partial charge is 0.410 e. The largest absolute Gasteiger partial charge is 0.488 e. The van der Waals surface area contributed by atoms with Gasteiger partial charge in [0.05, 0.1) is 6.54 Å². The van der Waals surface area contributed by atoms with Gasteiger partial charge in [0, 0.05) is 33.6 Å². The number of fused-ring (bicyclic) bond motifs is 1. The van der Waals surface area contributed by atoms with Gasteiger partial charge in [0.2, 0.25) is 0 Å². The average molecular weight is 362 g/mol. The fourth-order valence-corrected chi connectivity index (χ4v) is 2.57. The van der Waals surface area contributed by atoms with Gasteiger partial charge >= 0.3 is 6.09 Å². The number of carbonyl (C=O) groups is 1. The highest BCUT2D eigenvalue weighted by Gasteiger charge is 2.22. The molecule has 0 saturated heterocycles. The molecule has 26 heavy (non-hydrogen) atoms. The maximum atomic E-state index is 11.9. The van der Waals surface area contributed by atoms with Gasteiger partial charge in [-0.25, -0.2) is 4.79 Å². The molecule has 1 aliphatic rings. The first kappa shape index (κ1) is 19.9. The molecule has 1 aromatic rings. The number of nitrogens with one attached hydrogen (secondary N) is 2. The van der Waals surface area contributed by atoms with Gasteiger partial charge in [-0.15, -0.1) is 0 Å². The van der Waals surface area contributed by atoms with Crippen molar-refractivity contribution in [3.63, 3.8) is 0 Å². The van der Waals surface area contributed by atoms with Crippen LogP contribution in [-0.4, -0.2) is 62.4 Å². The molecule has 144 valence electrons. The van der Waals surface area contributed by atoms with Gasteiger partial charge in [-0.2, -0.15) is 0 Å². The van der Waals surface area contributed by atoms with Crippen molar-refractivity contribution in [2.45, 2.75) is 38.9 Å². The first-order valence-corrected chi connectivity index (χ1v) is 8.91. The summed E-state index contributed by atoms with van der Waals surface area (Å²) in [5, 5.41) is 6.46. The van der Waals surface area contributed by atoms with E-state index in [-0.39, 0.29) is 12.2 Å². The lowest BCUT2D eigenvalue weighted by Crippen LogP contribution is -2.45. The summed E-state index contributed by atoms with van der Waals surface area (Å²) in [4.78, 5) is 17.7. The maximum absolute atomic E-state index is 11.9. The summed E-state index contributed by atoms with van der Waals surface area (Å²) in [5.41, 5.74) is 0.746. The molecule has 1 unspecified atom stereocenters. The molecule has 7 nitrogen and oxygen atoms in total. The Balaban J connectivity index is 1.68. The van der Waals surface area contributed by atoms with Crippen molar-refractivity contribution in [2.75, 3.05) is 33.7 Å². The second kappa shape index (κ2) is 8.78. The zero-order valence-corrected chi connectivity index (χ0v) is 16.3. The first-order valence-electron chi connectivity index (χ1n) is 8.91. The summed E-state index contributed by atoms with van der Waals surface area (Å²) in [7, 11) is 3.44. The van der Waals surface area contributed by atoms with Crippen LogP contribution in [0.25, 0.3) is 0 Å². The van der Waals surface area contributed by atoms with Crippen LogP contribution in [0.2, 0.25) is 0 Å². The summed E-state index contributed by atoms with van der Waals surface area (Å²) in [5.74, 6) is 1.64. The monoisotopic (exact) mass is 362 g/mol. The van der Waals surface area contributed by atoms with Crippen molar-refractivity contribution < 1.29 is 14.3 Å². The number of nitrogens with zero attached hydrogens (tertiary/aromatic N) is 2. The Morgan fingerprint density at radius 1 is 1.35 bits per heavy atom. The van der Waals surface area contributed by atoms with Gasteiger partial charge in [0.25, 0.3) is 0 Å². The Hall–Kier alpha value is -2.44. The minimum absolute atomic E-state index is 0.0930. The zero-order chi connectivity index (χ0) is 19.2. The van der Waals surface area contributed by atoms with Crippen LogP contribution in [0.3, 0.4) is 0 Å². The third-order valence-electron chi connectivity index (χ3n) is 3.88. The van der Waals surface area contributed by atoms with E-state index in [9.17, 15) is 4.79 Å². The number of para-hydroxylation sites is 1. The van der Waals surface area contributed by atoms with Crippen LogP contribution >= 0.6 is 0 Å².